The summed E-state index contributed by atoms with van der Waals surface area (Å²) in [6.07, 6.45) is 0.884. The van der Waals surface area contributed by atoms with Crippen molar-refractivity contribution in [3.8, 4) is 0 Å². The number of aliphatic carboxylic acids is 1. The zero-order valence-corrected chi connectivity index (χ0v) is 17.6. The zero-order valence-electron chi connectivity index (χ0n) is 15.6. The van der Waals surface area contributed by atoms with Crippen LogP contribution in [0.25, 0.3) is 0 Å². The van der Waals surface area contributed by atoms with E-state index in [0.29, 0.717) is 5.92 Å². The maximum Gasteiger partial charge on any atom is 1.00 e. The minimum Gasteiger partial charge on any atom is -0.548 e. The zero-order chi connectivity index (χ0) is 17.6. The van der Waals surface area contributed by atoms with E-state index < -0.39 is 17.9 Å². The van der Waals surface area contributed by atoms with Crippen molar-refractivity contribution in [2.75, 3.05) is 20.6 Å². The second kappa shape index (κ2) is 10.9. The summed E-state index contributed by atoms with van der Waals surface area (Å²) in [5.74, 6) is -1.49. The Morgan fingerprint density at radius 1 is 1.17 bits per heavy atom. The Kier molecular flexibility index (Phi) is 10.5. The molecule has 0 bridgehead atoms. The Labute approximate surface area is 167 Å². The monoisotopic (exact) mass is 342 g/mol. The van der Waals surface area contributed by atoms with Crippen LogP contribution in [-0.4, -0.2) is 43.5 Å². The van der Waals surface area contributed by atoms with Crippen LogP contribution in [0, 0.1) is 5.92 Å². The third-order valence-electron chi connectivity index (χ3n) is 3.69. The molecule has 2 atom stereocenters. The summed E-state index contributed by atoms with van der Waals surface area (Å²) in [5.41, 5.74) is 2.07. The van der Waals surface area contributed by atoms with Crippen LogP contribution in [0.4, 0.5) is 0 Å². The predicted molar refractivity (Wildman–Crippen MR) is 88.9 cm³/mol. The first-order chi connectivity index (χ1) is 10.7. The summed E-state index contributed by atoms with van der Waals surface area (Å²) in [6.45, 7) is 6.26. The van der Waals surface area contributed by atoms with Gasteiger partial charge in [0, 0.05) is 6.54 Å². The second-order valence-corrected chi connectivity index (χ2v) is 6.66. The van der Waals surface area contributed by atoms with E-state index in [-0.39, 0.29) is 42.0 Å². The maximum absolute atomic E-state index is 12.5. The Morgan fingerprint density at radius 2 is 1.75 bits per heavy atom. The van der Waals surface area contributed by atoms with Crippen molar-refractivity contribution in [3.63, 3.8) is 0 Å². The number of nitrogens with one attached hydrogen (secondary N) is 1. The van der Waals surface area contributed by atoms with Gasteiger partial charge in [-0.1, -0.05) is 38.1 Å². The summed E-state index contributed by atoms with van der Waals surface area (Å²) < 4.78 is 0. The molecule has 5 nitrogen and oxygen atoms in total. The standard InChI is InChI=1S/C18H28N2O3.Na/c1-12(2)10-14-8-6-7-9-15(14)13(3)17(21)19-16(18(22)23)11-20(4)5;/h6-9,12-13,16H,10-11H2,1-5H3,(H,19,21)(H,22,23);/q;+1/p-1. The molecule has 0 saturated heterocycles. The molecule has 2 unspecified atom stereocenters. The molecule has 0 aliphatic carbocycles. The number of benzene rings is 1. The van der Waals surface area contributed by atoms with Gasteiger partial charge in [-0.15, -0.1) is 0 Å². The predicted octanol–water partition coefficient (Wildman–Crippen LogP) is -2.21. The van der Waals surface area contributed by atoms with E-state index >= 15 is 0 Å². The number of carboxylic acid groups (broad SMARTS) is 1. The van der Waals surface area contributed by atoms with Gasteiger partial charge in [-0.3, -0.25) is 4.79 Å². The van der Waals surface area contributed by atoms with E-state index in [1.165, 1.54) is 0 Å². The van der Waals surface area contributed by atoms with Crippen molar-refractivity contribution < 1.29 is 44.3 Å². The number of amides is 1. The summed E-state index contributed by atoms with van der Waals surface area (Å²) in [5, 5.41) is 13.8. The molecule has 0 fully saturated rings. The number of likely N-dealkylation sites (N-methyl/N-ethyl adjacent to an activating group) is 1. The van der Waals surface area contributed by atoms with Gasteiger partial charge in [-0.25, -0.2) is 0 Å². The molecule has 0 aliphatic heterocycles. The van der Waals surface area contributed by atoms with E-state index in [9.17, 15) is 14.7 Å². The summed E-state index contributed by atoms with van der Waals surface area (Å²) in [6, 6.07) is 6.80. The molecule has 128 valence electrons. The Hall–Kier alpha value is -0.880. The van der Waals surface area contributed by atoms with Gasteiger partial charge in [0.15, 0.2) is 0 Å². The van der Waals surface area contributed by atoms with Crippen molar-refractivity contribution in [3.05, 3.63) is 35.4 Å². The van der Waals surface area contributed by atoms with Crippen molar-refractivity contribution in [2.24, 2.45) is 5.92 Å². The summed E-state index contributed by atoms with van der Waals surface area (Å²) in [4.78, 5) is 25.4. The topological polar surface area (TPSA) is 72.5 Å². The quantitative estimate of drug-likeness (QED) is 0.544. The molecule has 1 rings (SSSR count). The van der Waals surface area contributed by atoms with Crippen LogP contribution in [0.15, 0.2) is 24.3 Å². The van der Waals surface area contributed by atoms with Crippen LogP contribution in [0.2, 0.25) is 0 Å². The Morgan fingerprint density at radius 3 is 2.25 bits per heavy atom. The van der Waals surface area contributed by atoms with E-state index in [1.807, 2.05) is 24.3 Å². The van der Waals surface area contributed by atoms with Crippen molar-refractivity contribution >= 4 is 11.9 Å². The number of carbonyl (C=O) groups is 2. The first-order valence-electron chi connectivity index (χ1n) is 7.96. The molecule has 0 aliphatic rings. The summed E-state index contributed by atoms with van der Waals surface area (Å²) >= 11 is 0. The maximum atomic E-state index is 12.5. The van der Waals surface area contributed by atoms with Crippen LogP contribution >= 0.6 is 0 Å². The van der Waals surface area contributed by atoms with Crippen molar-refractivity contribution in [1.29, 1.82) is 0 Å². The Balaban J connectivity index is 0.00000529. The molecular weight excluding hydrogens is 315 g/mol. The fourth-order valence-electron chi connectivity index (χ4n) is 2.56. The smallest absolute Gasteiger partial charge is 0.548 e. The van der Waals surface area contributed by atoms with Crippen LogP contribution in [0.3, 0.4) is 0 Å². The molecule has 24 heavy (non-hydrogen) atoms. The molecule has 0 aromatic heterocycles. The Bertz CT molecular complexity index is 547. The average Bonchev–Trinajstić information content (AvgIpc) is 2.45. The van der Waals surface area contributed by atoms with Gasteiger partial charge in [0.05, 0.1) is 17.9 Å². The van der Waals surface area contributed by atoms with E-state index in [4.69, 9.17) is 0 Å². The second-order valence-electron chi connectivity index (χ2n) is 6.66. The van der Waals surface area contributed by atoms with E-state index in [2.05, 4.69) is 19.2 Å². The van der Waals surface area contributed by atoms with Crippen molar-refractivity contribution in [2.45, 2.75) is 39.2 Å². The first kappa shape index (κ1) is 23.1. The SMILES string of the molecule is CC(C)Cc1ccccc1C(C)C(=O)NC(CN(C)C)C(=O)[O-].[Na+]. The van der Waals surface area contributed by atoms with Crippen LogP contribution in [0.1, 0.15) is 37.8 Å². The van der Waals surface area contributed by atoms with Crippen LogP contribution in [-0.2, 0) is 16.0 Å². The molecule has 0 heterocycles. The number of carboxylic acids is 1. The first-order valence-corrected chi connectivity index (χ1v) is 7.96. The minimum atomic E-state index is -1.27. The molecule has 6 heteroatoms. The number of rotatable bonds is 8. The van der Waals surface area contributed by atoms with Gasteiger partial charge < -0.3 is 20.1 Å². The third kappa shape index (κ3) is 7.34. The van der Waals surface area contributed by atoms with Crippen molar-refractivity contribution in [1.82, 2.24) is 10.2 Å². The minimum absolute atomic E-state index is 0. The molecule has 0 saturated carbocycles. The molecule has 0 spiro atoms. The molecule has 1 aromatic carbocycles. The average molecular weight is 342 g/mol. The molecule has 1 N–H and O–H groups in total. The number of carbonyl (C=O) groups excluding carboxylic acids is 2. The van der Waals surface area contributed by atoms with Crippen LogP contribution in [0.5, 0.6) is 0 Å². The number of hydrogen-bond acceptors (Lipinski definition) is 4. The third-order valence-corrected chi connectivity index (χ3v) is 3.69. The molecule has 1 aromatic rings. The van der Waals surface area contributed by atoms with Gasteiger partial charge in [-0.2, -0.15) is 0 Å². The molecule has 1 amide bonds. The molecular formula is C18H27N2NaO3. The van der Waals surface area contributed by atoms with Gasteiger partial charge >= 0.3 is 29.6 Å². The largest absolute Gasteiger partial charge is 1.00 e. The van der Waals surface area contributed by atoms with E-state index in [0.717, 1.165) is 17.5 Å². The van der Waals surface area contributed by atoms with Gasteiger partial charge in [0.25, 0.3) is 0 Å². The van der Waals surface area contributed by atoms with Gasteiger partial charge in [-0.05, 0) is 44.5 Å². The van der Waals surface area contributed by atoms with Gasteiger partial charge in [0.2, 0.25) is 5.91 Å². The normalized spacial score (nSPS) is 13.3. The fourth-order valence-corrected chi connectivity index (χ4v) is 2.56. The number of hydrogen-bond donors (Lipinski definition) is 1. The fraction of sp³-hybridized carbons (Fsp3) is 0.556. The van der Waals surface area contributed by atoms with Gasteiger partial charge in [0.1, 0.15) is 0 Å². The summed E-state index contributed by atoms with van der Waals surface area (Å²) in [7, 11) is 3.51. The molecule has 0 radical (unpaired) electrons. The van der Waals surface area contributed by atoms with Crippen LogP contribution < -0.4 is 40.0 Å². The number of nitrogens with zero attached hydrogens (tertiary/aromatic N) is 1. The van der Waals surface area contributed by atoms with E-state index in [1.54, 1.807) is 25.9 Å².